The molecule has 1 rings (SSSR count). The number of hydrogen-bond donors (Lipinski definition) is 1. The molecule has 0 spiro atoms. The number of hydrogen-bond acceptors (Lipinski definition) is 3. The highest BCUT2D eigenvalue weighted by molar-refractivity contribution is 7.80. The molecule has 0 saturated carbocycles. The van der Waals surface area contributed by atoms with E-state index < -0.39 is 0 Å². The van der Waals surface area contributed by atoms with Crippen molar-refractivity contribution >= 4 is 18.7 Å². The molecule has 0 aromatic carbocycles. The van der Waals surface area contributed by atoms with Gasteiger partial charge in [0.1, 0.15) is 5.75 Å². The molecule has 1 aromatic rings. The SMILES string of the molecule is COc1cncc(C=CCCS)c1. The first-order valence-electron chi connectivity index (χ1n) is 4.13. The van der Waals surface area contributed by atoms with Gasteiger partial charge in [-0.05, 0) is 23.8 Å². The summed E-state index contributed by atoms with van der Waals surface area (Å²) in [4.78, 5) is 4.04. The van der Waals surface area contributed by atoms with Gasteiger partial charge in [-0.15, -0.1) is 0 Å². The quantitative estimate of drug-likeness (QED) is 0.745. The second-order valence-corrected chi connectivity index (χ2v) is 3.02. The Morgan fingerprint density at radius 2 is 2.38 bits per heavy atom. The maximum absolute atomic E-state index is 5.05. The fourth-order valence-electron chi connectivity index (χ4n) is 0.932. The molecule has 0 atom stereocenters. The fourth-order valence-corrected chi connectivity index (χ4v) is 1.08. The maximum Gasteiger partial charge on any atom is 0.137 e. The standard InChI is InChI=1S/C10H13NOS/c1-12-10-6-9(7-11-8-10)4-2-3-5-13/h2,4,6-8,13H,3,5H2,1H3. The molecule has 3 heteroatoms. The third kappa shape index (κ3) is 3.51. The summed E-state index contributed by atoms with van der Waals surface area (Å²) in [5.41, 5.74) is 1.06. The molecule has 70 valence electrons. The summed E-state index contributed by atoms with van der Waals surface area (Å²) < 4.78 is 5.05. The fraction of sp³-hybridized carbons (Fsp3) is 0.300. The van der Waals surface area contributed by atoms with E-state index in [-0.39, 0.29) is 0 Å². The van der Waals surface area contributed by atoms with Crippen LogP contribution in [0.5, 0.6) is 5.75 Å². The Morgan fingerprint density at radius 3 is 3.08 bits per heavy atom. The van der Waals surface area contributed by atoms with Crippen LogP contribution in [0.15, 0.2) is 24.5 Å². The number of aromatic nitrogens is 1. The van der Waals surface area contributed by atoms with Gasteiger partial charge in [-0.2, -0.15) is 12.6 Å². The van der Waals surface area contributed by atoms with Crippen LogP contribution < -0.4 is 4.74 Å². The monoisotopic (exact) mass is 195 g/mol. The largest absolute Gasteiger partial charge is 0.495 e. The van der Waals surface area contributed by atoms with E-state index in [2.05, 4.69) is 23.7 Å². The molecule has 0 aliphatic heterocycles. The smallest absolute Gasteiger partial charge is 0.137 e. The molecule has 0 bridgehead atoms. The number of ether oxygens (including phenoxy) is 1. The van der Waals surface area contributed by atoms with Gasteiger partial charge in [0.25, 0.3) is 0 Å². The lowest BCUT2D eigenvalue weighted by Crippen LogP contribution is -1.84. The van der Waals surface area contributed by atoms with Gasteiger partial charge in [0.15, 0.2) is 0 Å². The Morgan fingerprint density at radius 1 is 1.54 bits per heavy atom. The van der Waals surface area contributed by atoms with E-state index in [0.29, 0.717) is 0 Å². The number of rotatable bonds is 4. The molecule has 0 unspecified atom stereocenters. The van der Waals surface area contributed by atoms with Crippen LogP contribution >= 0.6 is 12.6 Å². The third-order valence-corrected chi connectivity index (χ3v) is 1.83. The Labute approximate surface area is 84.1 Å². The van der Waals surface area contributed by atoms with Crippen molar-refractivity contribution in [3.05, 3.63) is 30.1 Å². The number of methoxy groups -OCH3 is 1. The number of thiol groups is 1. The lowest BCUT2D eigenvalue weighted by molar-refractivity contribution is 0.413. The Balaban J connectivity index is 2.66. The van der Waals surface area contributed by atoms with Gasteiger partial charge in [0.05, 0.1) is 13.3 Å². The van der Waals surface area contributed by atoms with Crippen molar-refractivity contribution in [3.8, 4) is 5.75 Å². The van der Waals surface area contributed by atoms with Crippen molar-refractivity contribution in [1.29, 1.82) is 0 Å². The third-order valence-electron chi connectivity index (χ3n) is 1.58. The molecule has 0 aliphatic rings. The summed E-state index contributed by atoms with van der Waals surface area (Å²) >= 11 is 4.11. The van der Waals surface area contributed by atoms with E-state index >= 15 is 0 Å². The van der Waals surface area contributed by atoms with Crippen molar-refractivity contribution in [2.24, 2.45) is 0 Å². The molecule has 0 saturated heterocycles. The van der Waals surface area contributed by atoms with Gasteiger partial charge in [0.2, 0.25) is 0 Å². The van der Waals surface area contributed by atoms with Gasteiger partial charge in [-0.25, -0.2) is 0 Å². The summed E-state index contributed by atoms with van der Waals surface area (Å²) in [5, 5.41) is 0. The molecule has 2 nitrogen and oxygen atoms in total. The van der Waals surface area contributed by atoms with E-state index in [1.165, 1.54) is 0 Å². The van der Waals surface area contributed by atoms with E-state index in [1.807, 2.05) is 12.1 Å². The molecule has 1 aromatic heterocycles. The van der Waals surface area contributed by atoms with Gasteiger partial charge in [-0.1, -0.05) is 12.2 Å². The highest BCUT2D eigenvalue weighted by Crippen LogP contribution is 2.11. The highest BCUT2D eigenvalue weighted by Gasteiger charge is 1.91. The van der Waals surface area contributed by atoms with Crippen LogP contribution in [-0.4, -0.2) is 17.8 Å². The topological polar surface area (TPSA) is 22.1 Å². The average Bonchev–Trinajstić information content (AvgIpc) is 2.19. The zero-order valence-corrected chi connectivity index (χ0v) is 8.50. The van der Waals surface area contributed by atoms with Crippen molar-refractivity contribution in [3.63, 3.8) is 0 Å². The second-order valence-electron chi connectivity index (χ2n) is 2.57. The van der Waals surface area contributed by atoms with Gasteiger partial charge < -0.3 is 4.74 Å². The van der Waals surface area contributed by atoms with Crippen molar-refractivity contribution in [2.75, 3.05) is 12.9 Å². The van der Waals surface area contributed by atoms with E-state index in [1.54, 1.807) is 19.5 Å². The molecule has 0 amide bonds. The summed E-state index contributed by atoms with van der Waals surface area (Å²) in [6.07, 6.45) is 8.56. The average molecular weight is 195 g/mol. The summed E-state index contributed by atoms with van der Waals surface area (Å²) in [6, 6.07) is 1.95. The molecule has 1 heterocycles. The molecule has 0 N–H and O–H groups in total. The first-order valence-corrected chi connectivity index (χ1v) is 4.76. The molecule has 0 fully saturated rings. The van der Waals surface area contributed by atoms with E-state index in [4.69, 9.17) is 4.74 Å². The Kier molecular flexibility index (Phi) is 4.40. The second kappa shape index (κ2) is 5.65. The first-order chi connectivity index (χ1) is 6.36. The minimum atomic E-state index is 0.785. The Hall–Kier alpha value is -0.960. The molecular weight excluding hydrogens is 182 g/mol. The van der Waals surface area contributed by atoms with Crippen LogP contribution in [0.2, 0.25) is 0 Å². The number of nitrogens with zero attached hydrogens (tertiary/aromatic N) is 1. The lowest BCUT2D eigenvalue weighted by Gasteiger charge is -1.98. The van der Waals surface area contributed by atoms with Crippen LogP contribution in [0, 0.1) is 0 Å². The van der Waals surface area contributed by atoms with Gasteiger partial charge >= 0.3 is 0 Å². The number of allylic oxidation sites excluding steroid dienone is 1. The predicted molar refractivity (Wildman–Crippen MR) is 58.3 cm³/mol. The van der Waals surface area contributed by atoms with Crippen LogP contribution in [0.4, 0.5) is 0 Å². The highest BCUT2D eigenvalue weighted by atomic mass is 32.1. The van der Waals surface area contributed by atoms with E-state index in [9.17, 15) is 0 Å². The van der Waals surface area contributed by atoms with Crippen LogP contribution in [0.1, 0.15) is 12.0 Å². The maximum atomic E-state index is 5.05. The van der Waals surface area contributed by atoms with E-state index in [0.717, 1.165) is 23.5 Å². The predicted octanol–water partition coefficient (Wildman–Crippen LogP) is 2.42. The molecular formula is C10H13NOS. The van der Waals surface area contributed by atoms with Crippen LogP contribution in [-0.2, 0) is 0 Å². The number of pyridine rings is 1. The minimum Gasteiger partial charge on any atom is -0.495 e. The normalized spacial score (nSPS) is 10.6. The molecule has 13 heavy (non-hydrogen) atoms. The van der Waals surface area contributed by atoms with Crippen molar-refractivity contribution < 1.29 is 4.74 Å². The summed E-state index contributed by atoms with van der Waals surface area (Å²) in [7, 11) is 1.64. The van der Waals surface area contributed by atoms with Crippen LogP contribution in [0.25, 0.3) is 6.08 Å². The zero-order valence-electron chi connectivity index (χ0n) is 7.60. The zero-order chi connectivity index (χ0) is 9.52. The van der Waals surface area contributed by atoms with Crippen LogP contribution in [0.3, 0.4) is 0 Å². The van der Waals surface area contributed by atoms with Crippen molar-refractivity contribution in [2.45, 2.75) is 6.42 Å². The summed E-state index contributed by atoms with van der Waals surface area (Å²) in [6.45, 7) is 0. The lowest BCUT2D eigenvalue weighted by atomic mass is 10.2. The first kappa shape index (κ1) is 10.1. The minimum absolute atomic E-state index is 0.785. The molecule has 0 radical (unpaired) electrons. The summed E-state index contributed by atoms with van der Waals surface area (Å²) in [5.74, 6) is 1.65. The van der Waals surface area contributed by atoms with Gasteiger partial charge in [0, 0.05) is 6.20 Å². The van der Waals surface area contributed by atoms with Crippen molar-refractivity contribution in [1.82, 2.24) is 4.98 Å². The van der Waals surface area contributed by atoms with Gasteiger partial charge in [-0.3, -0.25) is 4.98 Å². The molecule has 0 aliphatic carbocycles. The Bertz CT molecular complexity index is 286.